The van der Waals surface area contributed by atoms with Gasteiger partial charge in [-0.3, -0.25) is 43.8 Å². The van der Waals surface area contributed by atoms with Crippen LogP contribution in [0.4, 0.5) is 0 Å². The summed E-state index contributed by atoms with van der Waals surface area (Å²) in [5, 5.41) is 34.4. The number of sulfone groups is 1. The van der Waals surface area contributed by atoms with Gasteiger partial charge in [0, 0.05) is 62.8 Å². The van der Waals surface area contributed by atoms with Crippen LogP contribution in [0, 0.1) is 5.41 Å². The van der Waals surface area contributed by atoms with Crippen molar-refractivity contribution in [3.8, 4) is 0 Å². The first kappa shape index (κ1) is 58.3. The molecule has 22 nitrogen and oxygen atoms in total. The van der Waals surface area contributed by atoms with Crippen LogP contribution in [-0.4, -0.2) is 135 Å². The van der Waals surface area contributed by atoms with Crippen molar-refractivity contribution in [2.75, 3.05) is 31.6 Å². The van der Waals surface area contributed by atoms with E-state index in [-0.39, 0.29) is 57.7 Å². The SMILES string of the molecule is CCCC[C@@H](NC(C)=O)C(=O)N[C@H]1CC(=O)NCCCCCNC(=O)[C@H](Cc2c[nH]c3ccccc23)NC(=O)[C@H](CCCNC(=N)N)NC(=O)[C@@H](Cc2cccc3ccccc23)NC(=O)[C@H](CCS(C)(=O)=O)NC1=O. The van der Waals surface area contributed by atoms with E-state index in [9.17, 15) is 46.8 Å². The molecule has 1 aliphatic heterocycles. The molecule has 0 bridgehead atoms. The van der Waals surface area contributed by atoms with E-state index in [4.69, 9.17) is 11.1 Å². The summed E-state index contributed by atoms with van der Waals surface area (Å²) in [6.45, 7) is 3.63. The zero-order valence-corrected chi connectivity index (χ0v) is 43.6. The average molecular weight is 1060 g/mol. The van der Waals surface area contributed by atoms with Gasteiger partial charge in [0.25, 0.3) is 0 Å². The maximum Gasteiger partial charge on any atom is 0.243 e. The highest BCUT2D eigenvalue weighted by Gasteiger charge is 2.35. The van der Waals surface area contributed by atoms with Crippen molar-refractivity contribution in [1.82, 2.24) is 52.8 Å². The Morgan fingerprint density at radius 2 is 1.32 bits per heavy atom. The van der Waals surface area contributed by atoms with Crippen molar-refractivity contribution in [3.05, 3.63) is 84.1 Å². The highest BCUT2D eigenvalue weighted by molar-refractivity contribution is 7.90. The highest BCUT2D eigenvalue weighted by atomic mass is 32.2. The van der Waals surface area contributed by atoms with Crippen molar-refractivity contribution in [2.45, 2.75) is 127 Å². The number of nitrogens with one attached hydrogen (secondary N) is 11. The van der Waals surface area contributed by atoms with Crippen LogP contribution in [0.5, 0.6) is 0 Å². The number of carbonyl (C=O) groups excluding carboxylic acids is 8. The van der Waals surface area contributed by atoms with Gasteiger partial charge in [0.15, 0.2) is 5.96 Å². The smallest absolute Gasteiger partial charge is 0.243 e. The molecule has 23 heteroatoms. The van der Waals surface area contributed by atoms with E-state index in [0.29, 0.717) is 37.7 Å². The van der Waals surface area contributed by atoms with Gasteiger partial charge < -0.3 is 58.6 Å². The third kappa shape index (κ3) is 19.0. The number of guanidine groups is 1. The molecule has 6 atom stereocenters. The number of hydrogen-bond donors (Lipinski definition) is 12. The van der Waals surface area contributed by atoms with Crippen LogP contribution in [0.15, 0.2) is 72.9 Å². The summed E-state index contributed by atoms with van der Waals surface area (Å²) in [5.74, 6) is -6.92. The van der Waals surface area contributed by atoms with Crippen LogP contribution in [0.3, 0.4) is 0 Å². The van der Waals surface area contributed by atoms with Crippen LogP contribution in [0.1, 0.15) is 89.2 Å². The molecular weight excluding hydrogens is 985 g/mol. The quantitative estimate of drug-likeness (QED) is 0.0396. The molecule has 0 unspecified atom stereocenters. The molecule has 13 N–H and O–H groups in total. The van der Waals surface area contributed by atoms with Crippen LogP contribution >= 0.6 is 0 Å². The van der Waals surface area contributed by atoms with Gasteiger partial charge in [0.1, 0.15) is 46.1 Å². The number of H-pyrrole nitrogens is 1. The third-order valence-electron chi connectivity index (χ3n) is 12.7. The number of nitrogens with two attached hydrogens (primary N) is 1. The van der Waals surface area contributed by atoms with E-state index in [0.717, 1.165) is 33.5 Å². The van der Waals surface area contributed by atoms with Gasteiger partial charge in [-0.05, 0) is 72.9 Å². The van der Waals surface area contributed by atoms with Crippen molar-refractivity contribution >= 4 is 84.7 Å². The minimum Gasteiger partial charge on any atom is -0.370 e. The molecule has 5 rings (SSSR count). The average Bonchev–Trinajstić information content (AvgIpc) is 3.77. The number of benzene rings is 3. The summed E-state index contributed by atoms with van der Waals surface area (Å²) >= 11 is 0. The maximum atomic E-state index is 14.9. The third-order valence-corrected chi connectivity index (χ3v) is 13.7. The molecule has 8 amide bonds. The predicted molar refractivity (Wildman–Crippen MR) is 284 cm³/mol. The summed E-state index contributed by atoms with van der Waals surface area (Å²) in [6, 6.07) is 11.9. The summed E-state index contributed by atoms with van der Waals surface area (Å²) in [6.07, 6.45) is 4.57. The number of carbonyl (C=O) groups is 8. The molecule has 0 aliphatic carbocycles. The Balaban J connectivity index is 1.56. The Labute approximate surface area is 436 Å². The predicted octanol–water partition coefficient (Wildman–Crippen LogP) is 0.730. The fraction of sp³-hybridized carbons (Fsp3) is 0.481. The minimum atomic E-state index is -3.78. The number of hydrogen-bond acceptors (Lipinski definition) is 11. The maximum absolute atomic E-state index is 14.9. The number of amides is 8. The summed E-state index contributed by atoms with van der Waals surface area (Å²) < 4.78 is 25.2. The second-order valence-corrected chi connectivity index (χ2v) is 21.2. The van der Waals surface area contributed by atoms with E-state index in [2.05, 4.69) is 52.8 Å². The number of fused-ring (bicyclic) bond motifs is 2. The van der Waals surface area contributed by atoms with Gasteiger partial charge in [-0.2, -0.15) is 0 Å². The number of rotatable bonds is 17. The molecule has 4 aromatic rings. The zero-order valence-electron chi connectivity index (χ0n) is 42.8. The lowest BCUT2D eigenvalue weighted by Gasteiger charge is -2.28. The van der Waals surface area contributed by atoms with Gasteiger partial charge >= 0.3 is 0 Å². The van der Waals surface area contributed by atoms with Crippen molar-refractivity contribution in [2.24, 2.45) is 5.73 Å². The molecule has 1 saturated heterocycles. The lowest BCUT2D eigenvalue weighted by Crippen LogP contribution is -2.60. The molecule has 75 heavy (non-hydrogen) atoms. The molecular formula is C52H72N12O10S. The molecule has 0 saturated carbocycles. The Morgan fingerprint density at radius 1 is 0.720 bits per heavy atom. The topological polar surface area (TPSA) is 345 Å². The minimum absolute atomic E-state index is 0.0254. The van der Waals surface area contributed by atoms with Crippen LogP contribution < -0.4 is 53.6 Å². The fourth-order valence-electron chi connectivity index (χ4n) is 8.77. The van der Waals surface area contributed by atoms with Crippen LogP contribution in [0.25, 0.3) is 21.7 Å². The monoisotopic (exact) mass is 1060 g/mol. The molecule has 406 valence electrons. The molecule has 1 aromatic heterocycles. The second-order valence-electron chi connectivity index (χ2n) is 18.9. The number of unbranched alkanes of at least 4 members (excludes halogenated alkanes) is 1. The highest BCUT2D eigenvalue weighted by Crippen LogP contribution is 2.22. The van der Waals surface area contributed by atoms with E-state index < -0.39 is 112 Å². The fourth-order valence-corrected chi connectivity index (χ4v) is 9.43. The first-order valence-corrected chi connectivity index (χ1v) is 27.5. The van der Waals surface area contributed by atoms with Crippen LogP contribution in [0.2, 0.25) is 0 Å². The van der Waals surface area contributed by atoms with Crippen LogP contribution in [-0.2, 0) is 61.0 Å². The van der Waals surface area contributed by atoms with Crippen molar-refractivity contribution in [1.29, 1.82) is 5.41 Å². The molecule has 3 aromatic carbocycles. The van der Waals surface area contributed by atoms with Crippen molar-refractivity contribution in [3.63, 3.8) is 0 Å². The number of para-hydroxylation sites is 1. The van der Waals surface area contributed by atoms with Gasteiger partial charge in [-0.15, -0.1) is 0 Å². The van der Waals surface area contributed by atoms with Gasteiger partial charge in [0.05, 0.1) is 12.2 Å². The number of aromatic amines is 1. The molecule has 0 radical (unpaired) electrons. The lowest BCUT2D eigenvalue weighted by molar-refractivity contribution is -0.136. The van der Waals surface area contributed by atoms with Gasteiger partial charge in [0.2, 0.25) is 47.3 Å². The van der Waals surface area contributed by atoms with E-state index >= 15 is 0 Å². The van der Waals surface area contributed by atoms with E-state index in [1.54, 1.807) is 24.4 Å². The zero-order chi connectivity index (χ0) is 54.5. The van der Waals surface area contributed by atoms with Crippen molar-refractivity contribution < 1.29 is 46.8 Å². The summed E-state index contributed by atoms with van der Waals surface area (Å²) in [7, 11) is -3.78. The Morgan fingerprint density at radius 3 is 2.01 bits per heavy atom. The molecule has 1 aliphatic rings. The molecule has 2 heterocycles. The molecule has 1 fully saturated rings. The molecule has 0 spiro atoms. The summed E-state index contributed by atoms with van der Waals surface area (Å²) in [5.41, 5.74) is 7.71. The lowest BCUT2D eigenvalue weighted by atomic mass is 9.97. The Kier molecular flexibility index (Phi) is 22.4. The Hall–Kier alpha value is -7.56. The second kappa shape index (κ2) is 28.8. The largest absolute Gasteiger partial charge is 0.370 e. The summed E-state index contributed by atoms with van der Waals surface area (Å²) in [4.78, 5) is 115. The number of aromatic nitrogens is 1. The van der Waals surface area contributed by atoms with Gasteiger partial charge in [-0.1, -0.05) is 80.4 Å². The Bertz CT molecular complexity index is 2780. The first-order valence-electron chi connectivity index (χ1n) is 25.4. The normalized spacial score (nSPS) is 20.5. The van der Waals surface area contributed by atoms with E-state index in [1.165, 1.54) is 6.92 Å². The first-order chi connectivity index (χ1) is 35.8. The standard InChI is InChI=1S/C52H72N12O10S/c1-4-5-20-39(59-32(2)65)47(68)64-44-30-45(66)55-24-11-6-12-25-56-46(67)42(29-35-31-58-38-21-10-9-19-37(35)38)62-48(69)40(22-14-26-57-52(53)54)60-50(71)43(28-34-17-13-16-33-15-7-8-18-36(33)34)63-49(70)41(61-51(44)72)23-27-75(3,73)74/h7-10,13,15-19,21,31,39-44,58H,4-6,11-12,14,20,22-30H2,1-3H3,(H,55,66)(H,56,67)(H,59,65)(H,60,71)(H,61,72)(H,62,69)(H,63,70)(H,64,68)(H4,53,54,57)/t39-,40+,41+,42+,43-,44+/m1/s1. The van der Waals surface area contributed by atoms with Gasteiger partial charge in [-0.25, -0.2) is 8.42 Å². The van der Waals surface area contributed by atoms with E-state index in [1.807, 2.05) is 55.5 Å².